The molecule has 4 rings (SSSR count). The van der Waals surface area contributed by atoms with Gasteiger partial charge in [0, 0.05) is 44.0 Å². The summed E-state index contributed by atoms with van der Waals surface area (Å²) in [5, 5.41) is 13.4. The van der Waals surface area contributed by atoms with Gasteiger partial charge in [-0.1, -0.05) is 18.2 Å². The Labute approximate surface area is 151 Å². The number of carbonyl (C=O) groups excluding carboxylic acids is 1. The van der Waals surface area contributed by atoms with Crippen molar-refractivity contribution >= 4 is 43.3 Å². The lowest BCUT2D eigenvalue weighted by Crippen LogP contribution is -2.31. The van der Waals surface area contributed by atoms with Gasteiger partial charge in [0.15, 0.2) is 0 Å². The number of rotatable bonds is 4. The molecule has 0 spiro atoms. The standard InChI is InChI=1S/C19H17N4O2P/c24-14-5-6-16-12(7-14)8-18(22-16)23-19(25)11-26-21-10-13-9-20-17-4-2-1-3-15(13)17/h1-7,9-10,20,24,26H,8,11H2,(H,22,23,25)/b21-10+. The average Bonchev–Trinajstić information content (AvgIpc) is 3.22. The molecule has 1 unspecified atom stereocenters. The van der Waals surface area contributed by atoms with Gasteiger partial charge < -0.3 is 15.4 Å². The van der Waals surface area contributed by atoms with E-state index in [1.54, 1.807) is 24.4 Å². The van der Waals surface area contributed by atoms with Crippen molar-refractivity contribution in [2.24, 2.45) is 9.76 Å². The predicted octanol–water partition coefficient (Wildman–Crippen LogP) is 3.29. The summed E-state index contributed by atoms with van der Waals surface area (Å²) < 4.78 is 4.38. The fourth-order valence-corrected chi connectivity index (χ4v) is 3.45. The Bertz CT molecular complexity index is 1040. The highest BCUT2D eigenvalue weighted by Crippen LogP contribution is 2.29. The summed E-state index contributed by atoms with van der Waals surface area (Å²) in [5.74, 6) is 0.718. The molecule has 0 saturated heterocycles. The third kappa shape index (κ3) is 3.51. The molecular formula is C19H17N4O2P. The second-order valence-corrected chi connectivity index (χ2v) is 6.91. The van der Waals surface area contributed by atoms with Crippen LogP contribution in [0.2, 0.25) is 0 Å². The van der Waals surface area contributed by atoms with Gasteiger partial charge in [-0.05, 0) is 29.8 Å². The number of hydrogen-bond donors (Lipinski definition) is 3. The zero-order valence-corrected chi connectivity index (χ0v) is 14.9. The largest absolute Gasteiger partial charge is 0.508 e. The number of H-pyrrole nitrogens is 1. The van der Waals surface area contributed by atoms with E-state index in [4.69, 9.17) is 0 Å². The molecular weight excluding hydrogens is 347 g/mol. The minimum atomic E-state index is -0.102. The number of amides is 1. The van der Waals surface area contributed by atoms with Crippen LogP contribution in [0.15, 0.2) is 58.4 Å². The summed E-state index contributed by atoms with van der Waals surface area (Å²) in [4.78, 5) is 19.6. The molecule has 1 aliphatic rings. The Hall–Kier alpha value is -2.98. The van der Waals surface area contributed by atoms with Crippen LogP contribution >= 0.6 is 8.73 Å². The van der Waals surface area contributed by atoms with Crippen LogP contribution in [-0.4, -0.2) is 34.2 Å². The lowest BCUT2D eigenvalue weighted by atomic mass is 10.1. The van der Waals surface area contributed by atoms with Gasteiger partial charge in [0.25, 0.3) is 0 Å². The number of hydrogen-bond acceptors (Lipinski definition) is 4. The van der Waals surface area contributed by atoms with Crippen LogP contribution in [-0.2, 0) is 11.2 Å². The van der Waals surface area contributed by atoms with E-state index in [1.807, 2.05) is 30.5 Å². The molecule has 0 fully saturated rings. The first-order chi connectivity index (χ1) is 12.7. The number of fused-ring (bicyclic) bond motifs is 2. The van der Waals surface area contributed by atoms with Gasteiger partial charge in [-0.15, -0.1) is 0 Å². The summed E-state index contributed by atoms with van der Waals surface area (Å²) in [7, 11) is 0.150. The van der Waals surface area contributed by atoms with Gasteiger partial charge in [-0.2, -0.15) is 0 Å². The minimum Gasteiger partial charge on any atom is -0.508 e. The van der Waals surface area contributed by atoms with Crippen molar-refractivity contribution in [2.75, 3.05) is 6.16 Å². The second-order valence-electron chi connectivity index (χ2n) is 5.98. The van der Waals surface area contributed by atoms with Crippen LogP contribution in [0.25, 0.3) is 10.9 Å². The van der Waals surface area contributed by atoms with Gasteiger partial charge in [0.05, 0.1) is 11.8 Å². The van der Waals surface area contributed by atoms with E-state index in [0.29, 0.717) is 18.4 Å². The monoisotopic (exact) mass is 364 g/mol. The Morgan fingerprint density at radius 2 is 2.23 bits per heavy atom. The predicted molar refractivity (Wildman–Crippen MR) is 106 cm³/mol. The molecule has 2 aromatic carbocycles. The smallest absolute Gasteiger partial charge is 0.231 e. The topological polar surface area (TPSA) is 89.8 Å². The molecule has 1 atom stereocenters. The molecule has 0 aliphatic carbocycles. The number of phenolic OH excluding ortho intramolecular Hbond substituents is 1. The van der Waals surface area contributed by atoms with Crippen LogP contribution in [0.1, 0.15) is 11.1 Å². The zero-order chi connectivity index (χ0) is 17.9. The summed E-state index contributed by atoms with van der Waals surface area (Å²) in [6.45, 7) is 0. The van der Waals surface area contributed by atoms with Gasteiger partial charge >= 0.3 is 0 Å². The number of carbonyl (C=O) groups is 1. The second kappa shape index (κ2) is 7.10. The Morgan fingerprint density at radius 1 is 1.35 bits per heavy atom. The minimum absolute atomic E-state index is 0.102. The highest BCUT2D eigenvalue weighted by atomic mass is 31.1. The normalized spacial score (nSPS) is 13.6. The van der Waals surface area contributed by atoms with Crippen LogP contribution in [0, 0.1) is 0 Å². The van der Waals surface area contributed by atoms with Crippen LogP contribution in [0.4, 0.5) is 5.69 Å². The molecule has 0 radical (unpaired) electrons. The fraction of sp³-hybridized carbons (Fsp3) is 0.105. The number of nitrogens with zero attached hydrogens (tertiary/aromatic N) is 2. The average molecular weight is 364 g/mol. The van der Waals surface area contributed by atoms with E-state index in [1.165, 1.54) is 0 Å². The number of aromatic hydroxyl groups is 1. The first-order valence-corrected chi connectivity index (χ1v) is 9.36. The molecule has 3 N–H and O–H groups in total. The molecule has 7 heteroatoms. The quantitative estimate of drug-likeness (QED) is 0.490. The molecule has 26 heavy (non-hydrogen) atoms. The number of amidine groups is 1. The van der Waals surface area contributed by atoms with E-state index in [-0.39, 0.29) is 20.4 Å². The van der Waals surface area contributed by atoms with E-state index in [9.17, 15) is 9.90 Å². The van der Waals surface area contributed by atoms with Crippen molar-refractivity contribution in [3.8, 4) is 5.75 Å². The number of aromatic nitrogens is 1. The summed E-state index contributed by atoms with van der Waals surface area (Å²) >= 11 is 0. The van der Waals surface area contributed by atoms with Crippen LogP contribution in [0.5, 0.6) is 5.75 Å². The fourth-order valence-electron chi connectivity index (χ4n) is 2.90. The number of phenols is 1. The van der Waals surface area contributed by atoms with Gasteiger partial charge in [0.2, 0.25) is 5.91 Å². The van der Waals surface area contributed by atoms with Crippen molar-refractivity contribution in [2.45, 2.75) is 6.42 Å². The van der Waals surface area contributed by atoms with Crippen molar-refractivity contribution < 1.29 is 9.90 Å². The molecule has 3 aromatic rings. The number of nitrogens with one attached hydrogen (secondary N) is 2. The first kappa shape index (κ1) is 16.5. The van der Waals surface area contributed by atoms with Crippen molar-refractivity contribution in [3.63, 3.8) is 0 Å². The lowest BCUT2D eigenvalue weighted by molar-refractivity contribution is -0.117. The van der Waals surface area contributed by atoms with Gasteiger partial charge in [0.1, 0.15) is 11.6 Å². The SMILES string of the molecule is O=C(CP/N=C/c1c[nH]c2ccccc12)NC1=Nc2ccc(O)cc2C1. The van der Waals surface area contributed by atoms with E-state index in [2.05, 4.69) is 20.1 Å². The van der Waals surface area contributed by atoms with Crippen molar-refractivity contribution in [1.82, 2.24) is 10.3 Å². The van der Waals surface area contributed by atoms with Gasteiger partial charge in [-0.25, -0.2) is 4.99 Å². The Morgan fingerprint density at radius 3 is 3.15 bits per heavy atom. The highest BCUT2D eigenvalue weighted by Gasteiger charge is 2.16. The third-order valence-electron chi connectivity index (χ3n) is 4.12. The summed E-state index contributed by atoms with van der Waals surface area (Å²) in [6.07, 6.45) is 4.56. The molecule has 1 amide bonds. The summed E-state index contributed by atoms with van der Waals surface area (Å²) in [5.41, 5.74) is 3.79. The molecule has 0 saturated carbocycles. The number of aliphatic imine (C=N–C) groups is 1. The van der Waals surface area contributed by atoms with Crippen LogP contribution in [0.3, 0.4) is 0 Å². The maximum Gasteiger partial charge on any atom is 0.231 e. The van der Waals surface area contributed by atoms with Gasteiger partial charge in [-0.3, -0.25) is 9.56 Å². The van der Waals surface area contributed by atoms with Crippen molar-refractivity contribution in [3.05, 3.63) is 59.8 Å². The highest BCUT2D eigenvalue weighted by molar-refractivity contribution is 7.37. The Kier molecular flexibility index (Phi) is 4.50. The Balaban J connectivity index is 1.30. The molecule has 6 nitrogen and oxygen atoms in total. The van der Waals surface area contributed by atoms with Crippen molar-refractivity contribution in [1.29, 1.82) is 0 Å². The molecule has 1 aromatic heterocycles. The molecule has 130 valence electrons. The maximum absolute atomic E-state index is 12.1. The zero-order valence-electron chi connectivity index (χ0n) is 13.9. The number of aromatic amines is 1. The number of para-hydroxylation sites is 1. The molecule has 2 heterocycles. The third-order valence-corrected chi connectivity index (χ3v) is 4.91. The lowest BCUT2D eigenvalue weighted by Gasteiger charge is -2.02. The van der Waals surface area contributed by atoms with Crippen LogP contribution < -0.4 is 5.32 Å². The first-order valence-electron chi connectivity index (χ1n) is 8.20. The van der Waals surface area contributed by atoms with E-state index in [0.717, 1.165) is 27.7 Å². The van der Waals surface area contributed by atoms with E-state index < -0.39 is 0 Å². The molecule has 0 bridgehead atoms. The number of benzene rings is 2. The van der Waals surface area contributed by atoms with E-state index >= 15 is 0 Å². The molecule has 1 aliphatic heterocycles. The summed E-state index contributed by atoms with van der Waals surface area (Å²) in [6, 6.07) is 13.0. The maximum atomic E-state index is 12.1.